The number of rotatable bonds is 3. The monoisotopic (exact) mass is 394 g/mol. The van der Waals surface area contributed by atoms with E-state index in [1.165, 1.54) is 0 Å². The number of carbonyl (C=O) groups is 2. The molecule has 112 valence electrons. The molecule has 22 heavy (non-hydrogen) atoms. The van der Waals surface area contributed by atoms with Gasteiger partial charge in [0.2, 0.25) is 11.0 Å². The summed E-state index contributed by atoms with van der Waals surface area (Å²) in [6, 6.07) is 11.6. The number of thiocarbonyl (C=S) groups is 1. The minimum absolute atomic E-state index is 0.0200. The predicted molar refractivity (Wildman–Crippen MR) is 97.0 cm³/mol. The average Bonchev–Trinajstić information content (AvgIpc) is 2.76. The van der Waals surface area contributed by atoms with Crippen molar-refractivity contribution in [3.63, 3.8) is 0 Å². The molecule has 1 saturated heterocycles. The van der Waals surface area contributed by atoms with E-state index in [2.05, 4.69) is 21.2 Å². The third-order valence-electron chi connectivity index (χ3n) is 3.22. The molecule has 1 aliphatic heterocycles. The van der Waals surface area contributed by atoms with Crippen LogP contribution in [0, 0.1) is 0 Å². The van der Waals surface area contributed by atoms with E-state index in [0.717, 1.165) is 32.7 Å². The Kier molecular flexibility index (Phi) is 4.46. The molecule has 1 N–H and O–H groups in total. The second-order valence-electron chi connectivity index (χ2n) is 4.82. The molecular weight excluding hydrogens is 384 g/mol. The van der Waals surface area contributed by atoms with E-state index < -0.39 is 0 Å². The van der Waals surface area contributed by atoms with E-state index in [9.17, 15) is 9.59 Å². The molecule has 3 rings (SSSR count). The fourth-order valence-electron chi connectivity index (χ4n) is 2.23. The molecule has 0 spiro atoms. The molecule has 1 fully saturated rings. The van der Waals surface area contributed by atoms with E-state index in [0.29, 0.717) is 4.32 Å². The SMILES string of the molecule is O=C(CN1CC(=O)SC1=S)Nc1ccc2c(Br)cccc2c1. The molecule has 2 aromatic rings. The van der Waals surface area contributed by atoms with Gasteiger partial charge in [0.05, 0.1) is 13.1 Å². The highest BCUT2D eigenvalue weighted by Gasteiger charge is 2.26. The first-order valence-corrected chi connectivity index (χ1v) is 8.52. The van der Waals surface area contributed by atoms with Gasteiger partial charge in [0.25, 0.3) is 0 Å². The maximum atomic E-state index is 12.1. The van der Waals surface area contributed by atoms with Crippen LogP contribution in [0.4, 0.5) is 5.69 Å². The van der Waals surface area contributed by atoms with Crippen LogP contribution in [0.15, 0.2) is 40.9 Å². The van der Waals surface area contributed by atoms with Gasteiger partial charge in [-0.05, 0) is 40.7 Å². The Hall–Kier alpha value is -1.44. The lowest BCUT2D eigenvalue weighted by molar-refractivity contribution is -0.116. The maximum Gasteiger partial charge on any atom is 0.243 e. The standard InChI is InChI=1S/C15H11BrN2O2S2/c16-12-3-1-2-9-6-10(4-5-11(9)12)17-13(19)7-18-8-14(20)22-15(18)21/h1-6H,7-8H2,(H,17,19). The average molecular weight is 395 g/mol. The second kappa shape index (κ2) is 6.36. The number of hydrogen-bond donors (Lipinski definition) is 1. The number of nitrogens with one attached hydrogen (secondary N) is 1. The van der Waals surface area contributed by atoms with Crippen LogP contribution in [0.2, 0.25) is 0 Å². The number of hydrogen-bond acceptors (Lipinski definition) is 4. The second-order valence-corrected chi connectivity index (χ2v) is 7.37. The first kappa shape index (κ1) is 15.5. The van der Waals surface area contributed by atoms with E-state index >= 15 is 0 Å². The zero-order valence-electron chi connectivity index (χ0n) is 11.3. The van der Waals surface area contributed by atoms with Crippen LogP contribution in [0.3, 0.4) is 0 Å². The molecule has 0 unspecified atom stereocenters. The Balaban J connectivity index is 1.71. The summed E-state index contributed by atoms with van der Waals surface area (Å²) in [6.07, 6.45) is 0. The van der Waals surface area contributed by atoms with Crippen molar-refractivity contribution in [1.29, 1.82) is 0 Å². The van der Waals surface area contributed by atoms with Crippen LogP contribution in [0.1, 0.15) is 0 Å². The quantitative estimate of drug-likeness (QED) is 0.808. The van der Waals surface area contributed by atoms with Crippen molar-refractivity contribution in [1.82, 2.24) is 4.90 Å². The lowest BCUT2D eigenvalue weighted by atomic mass is 10.1. The molecule has 1 amide bonds. The van der Waals surface area contributed by atoms with Gasteiger partial charge < -0.3 is 10.2 Å². The van der Waals surface area contributed by atoms with Crippen molar-refractivity contribution in [2.75, 3.05) is 18.4 Å². The maximum absolute atomic E-state index is 12.1. The van der Waals surface area contributed by atoms with Gasteiger partial charge in [0.15, 0.2) is 0 Å². The summed E-state index contributed by atoms with van der Waals surface area (Å²) in [5, 5.41) is 4.94. The molecular formula is C15H11BrN2O2S2. The topological polar surface area (TPSA) is 49.4 Å². The summed E-state index contributed by atoms with van der Waals surface area (Å²) < 4.78 is 1.48. The molecule has 1 aliphatic rings. The number of benzene rings is 2. The minimum Gasteiger partial charge on any atom is -0.340 e. The van der Waals surface area contributed by atoms with Gasteiger partial charge in [-0.2, -0.15) is 0 Å². The first-order valence-electron chi connectivity index (χ1n) is 6.50. The Labute approximate surface area is 145 Å². The Morgan fingerprint density at radius 3 is 2.91 bits per heavy atom. The van der Waals surface area contributed by atoms with Crippen LogP contribution >= 0.6 is 39.9 Å². The number of thioether (sulfide) groups is 1. The van der Waals surface area contributed by atoms with Crippen molar-refractivity contribution < 1.29 is 9.59 Å². The molecule has 0 radical (unpaired) electrons. The fraction of sp³-hybridized carbons (Fsp3) is 0.133. The van der Waals surface area contributed by atoms with Crippen molar-refractivity contribution in [3.8, 4) is 0 Å². The molecule has 0 saturated carbocycles. The summed E-state index contributed by atoms with van der Waals surface area (Å²) in [5.74, 6) is -0.188. The highest BCUT2D eigenvalue weighted by molar-refractivity contribution is 9.10. The molecule has 0 bridgehead atoms. The summed E-state index contributed by atoms with van der Waals surface area (Å²) >= 11 is 9.57. The van der Waals surface area contributed by atoms with Crippen LogP contribution in [0.5, 0.6) is 0 Å². The summed E-state index contributed by atoms with van der Waals surface area (Å²) in [7, 11) is 0. The number of amides is 1. The third kappa shape index (κ3) is 3.31. The lowest BCUT2D eigenvalue weighted by Gasteiger charge is -2.15. The van der Waals surface area contributed by atoms with Crippen molar-refractivity contribution in [3.05, 3.63) is 40.9 Å². The van der Waals surface area contributed by atoms with Gasteiger partial charge in [-0.25, -0.2) is 0 Å². The molecule has 2 aromatic carbocycles. The van der Waals surface area contributed by atoms with Crippen LogP contribution in [-0.4, -0.2) is 33.3 Å². The minimum atomic E-state index is -0.188. The van der Waals surface area contributed by atoms with Crippen LogP contribution < -0.4 is 5.32 Å². The van der Waals surface area contributed by atoms with E-state index in [1.807, 2.05) is 36.4 Å². The predicted octanol–water partition coefficient (Wildman–Crippen LogP) is 3.40. The zero-order valence-corrected chi connectivity index (χ0v) is 14.6. The highest BCUT2D eigenvalue weighted by Crippen LogP contribution is 2.26. The third-order valence-corrected chi connectivity index (χ3v) is 5.21. The van der Waals surface area contributed by atoms with Crippen molar-refractivity contribution in [2.24, 2.45) is 0 Å². The fourth-order valence-corrected chi connectivity index (χ4v) is 3.83. The van der Waals surface area contributed by atoms with Gasteiger partial charge >= 0.3 is 0 Å². The van der Waals surface area contributed by atoms with Gasteiger partial charge in [-0.1, -0.05) is 46.3 Å². The van der Waals surface area contributed by atoms with Crippen LogP contribution in [-0.2, 0) is 9.59 Å². The smallest absolute Gasteiger partial charge is 0.243 e. The number of fused-ring (bicyclic) bond motifs is 1. The molecule has 0 aliphatic carbocycles. The van der Waals surface area contributed by atoms with E-state index in [-0.39, 0.29) is 24.1 Å². The normalized spacial score (nSPS) is 14.7. The number of anilines is 1. The van der Waals surface area contributed by atoms with Crippen molar-refractivity contribution in [2.45, 2.75) is 0 Å². The van der Waals surface area contributed by atoms with Gasteiger partial charge in [0.1, 0.15) is 4.32 Å². The van der Waals surface area contributed by atoms with E-state index in [1.54, 1.807) is 4.90 Å². The van der Waals surface area contributed by atoms with Crippen molar-refractivity contribution >= 4 is 71.7 Å². The van der Waals surface area contributed by atoms with E-state index in [4.69, 9.17) is 12.2 Å². The lowest BCUT2D eigenvalue weighted by Crippen LogP contribution is -2.33. The highest BCUT2D eigenvalue weighted by atomic mass is 79.9. The Morgan fingerprint density at radius 1 is 1.36 bits per heavy atom. The molecule has 1 heterocycles. The zero-order chi connectivity index (χ0) is 15.7. The van der Waals surface area contributed by atoms with Gasteiger partial charge in [0, 0.05) is 10.2 Å². The van der Waals surface area contributed by atoms with Gasteiger partial charge in [-0.3, -0.25) is 9.59 Å². The largest absolute Gasteiger partial charge is 0.340 e. The Bertz CT molecular complexity index is 794. The molecule has 0 atom stereocenters. The summed E-state index contributed by atoms with van der Waals surface area (Å²) in [4.78, 5) is 25.0. The number of carbonyl (C=O) groups excluding carboxylic acids is 2. The number of halogens is 1. The number of nitrogens with zero attached hydrogens (tertiary/aromatic N) is 1. The molecule has 4 nitrogen and oxygen atoms in total. The molecule has 0 aromatic heterocycles. The first-order chi connectivity index (χ1) is 10.5. The van der Waals surface area contributed by atoms with Gasteiger partial charge in [-0.15, -0.1) is 0 Å². The summed E-state index contributed by atoms with van der Waals surface area (Å²) in [6.45, 7) is 0.287. The van der Waals surface area contributed by atoms with Crippen LogP contribution in [0.25, 0.3) is 10.8 Å². The molecule has 7 heteroatoms. The summed E-state index contributed by atoms with van der Waals surface area (Å²) in [5.41, 5.74) is 0.722. The Morgan fingerprint density at radius 2 is 2.18 bits per heavy atom.